The maximum absolute atomic E-state index is 12.3. The zero-order chi connectivity index (χ0) is 18.0. The first kappa shape index (κ1) is 16.7. The highest BCUT2D eigenvalue weighted by molar-refractivity contribution is 6.33. The van der Waals surface area contributed by atoms with Crippen LogP contribution in [0.15, 0.2) is 42.7 Å². The van der Waals surface area contributed by atoms with Gasteiger partial charge in [0.2, 0.25) is 0 Å². The second-order valence-electron chi connectivity index (χ2n) is 5.23. The molecular formula is C16H14ClN5O3. The summed E-state index contributed by atoms with van der Waals surface area (Å²) in [5.41, 5.74) is 1.35. The number of nitrogens with one attached hydrogen (secondary N) is 1. The van der Waals surface area contributed by atoms with Gasteiger partial charge in [0.15, 0.2) is 5.69 Å². The number of halogens is 1. The van der Waals surface area contributed by atoms with Crippen molar-refractivity contribution in [3.63, 3.8) is 0 Å². The fraction of sp³-hybridized carbons (Fsp3) is 0.125. The van der Waals surface area contributed by atoms with E-state index in [4.69, 9.17) is 11.6 Å². The lowest BCUT2D eigenvalue weighted by molar-refractivity contribution is 0.0682. The predicted molar refractivity (Wildman–Crippen MR) is 89.9 cm³/mol. The van der Waals surface area contributed by atoms with Gasteiger partial charge in [0.05, 0.1) is 23.6 Å². The van der Waals surface area contributed by atoms with E-state index in [-0.39, 0.29) is 23.0 Å². The van der Waals surface area contributed by atoms with Crippen molar-refractivity contribution in [3.05, 3.63) is 64.7 Å². The quantitative estimate of drug-likeness (QED) is 0.724. The molecule has 0 fully saturated rings. The van der Waals surface area contributed by atoms with Crippen LogP contribution in [0.3, 0.4) is 0 Å². The highest BCUT2D eigenvalue weighted by atomic mass is 35.5. The van der Waals surface area contributed by atoms with Crippen LogP contribution in [-0.2, 0) is 13.6 Å². The van der Waals surface area contributed by atoms with Gasteiger partial charge in [0.1, 0.15) is 5.15 Å². The number of aromatic nitrogens is 4. The molecule has 0 unspecified atom stereocenters. The number of amides is 1. The van der Waals surface area contributed by atoms with Crippen molar-refractivity contribution >= 4 is 23.5 Å². The predicted octanol–water partition coefficient (Wildman–Crippen LogP) is 1.89. The summed E-state index contributed by atoms with van der Waals surface area (Å²) in [5, 5.41) is 20.0. The Hall–Kier alpha value is -3.13. The van der Waals surface area contributed by atoms with E-state index in [1.165, 1.54) is 28.8 Å². The second kappa shape index (κ2) is 6.78. The van der Waals surface area contributed by atoms with E-state index in [9.17, 15) is 14.7 Å². The number of aromatic carboxylic acids is 1. The fourth-order valence-corrected chi connectivity index (χ4v) is 2.67. The Morgan fingerprint density at radius 2 is 1.92 bits per heavy atom. The molecule has 128 valence electrons. The summed E-state index contributed by atoms with van der Waals surface area (Å²) in [6, 6.07) is 9.17. The van der Waals surface area contributed by atoms with Gasteiger partial charge in [-0.25, -0.2) is 9.48 Å². The number of benzene rings is 1. The standard InChI is InChI=1S/C16H14ClN5O3/c1-21-13(16(24)25)10(8-19-21)7-18-15(23)12-9-20-22(14(12)17)11-5-3-2-4-6-11/h2-6,8-9H,7H2,1H3,(H,18,23)(H,24,25). The zero-order valence-electron chi connectivity index (χ0n) is 13.2. The third-order valence-corrected chi connectivity index (χ3v) is 3.98. The average molecular weight is 360 g/mol. The molecular weight excluding hydrogens is 346 g/mol. The van der Waals surface area contributed by atoms with E-state index in [0.29, 0.717) is 5.56 Å². The van der Waals surface area contributed by atoms with Crippen LogP contribution in [0.1, 0.15) is 26.4 Å². The molecule has 3 aromatic rings. The van der Waals surface area contributed by atoms with E-state index >= 15 is 0 Å². The second-order valence-corrected chi connectivity index (χ2v) is 5.58. The third-order valence-electron chi connectivity index (χ3n) is 3.61. The number of nitrogens with zero attached hydrogens (tertiary/aromatic N) is 4. The van der Waals surface area contributed by atoms with Gasteiger partial charge < -0.3 is 10.4 Å². The fourth-order valence-electron chi connectivity index (χ4n) is 2.39. The number of carbonyl (C=O) groups excluding carboxylic acids is 1. The van der Waals surface area contributed by atoms with Gasteiger partial charge in [0, 0.05) is 19.2 Å². The van der Waals surface area contributed by atoms with Crippen LogP contribution >= 0.6 is 11.6 Å². The van der Waals surface area contributed by atoms with Gasteiger partial charge >= 0.3 is 5.97 Å². The molecule has 8 nitrogen and oxygen atoms in total. The van der Waals surface area contributed by atoms with Gasteiger partial charge in [-0.05, 0) is 12.1 Å². The molecule has 0 atom stereocenters. The molecule has 0 aliphatic carbocycles. The number of hydrogen-bond donors (Lipinski definition) is 2. The average Bonchev–Trinajstić information content (AvgIpc) is 3.16. The number of rotatable bonds is 5. The van der Waals surface area contributed by atoms with Crippen molar-refractivity contribution in [3.8, 4) is 5.69 Å². The number of carboxylic acids is 1. The Kier molecular flexibility index (Phi) is 4.53. The monoisotopic (exact) mass is 359 g/mol. The molecule has 2 N–H and O–H groups in total. The van der Waals surface area contributed by atoms with Crippen LogP contribution in [0.25, 0.3) is 5.69 Å². The van der Waals surface area contributed by atoms with Gasteiger partial charge in [-0.3, -0.25) is 9.48 Å². The Labute approximate surface area is 147 Å². The van der Waals surface area contributed by atoms with Crippen molar-refractivity contribution in [2.24, 2.45) is 7.05 Å². The van der Waals surface area contributed by atoms with Crippen LogP contribution in [-0.4, -0.2) is 36.5 Å². The Balaban J connectivity index is 1.77. The van der Waals surface area contributed by atoms with Gasteiger partial charge in [-0.15, -0.1) is 0 Å². The normalized spacial score (nSPS) is 10.6. The van der Waals surface area contributed by atoms with E-state index in [1.807, 2.05) is 30.3 Å². The topological polar surface area (TPSA) is 102 Å². The smallest absolute Gasteiger partial charge is 0.354 e. The largest absolute Gasteiger partial charge is 0.477 e. The van der Waals surface area contributed by atoms with Gasteiger partial charge in [-0.1, -0.05) is 29.8 Å². The molecule has 0 aliphatic rings. The molecule has 1 amide bonds. The zero-order valence-corrected chi connectivity index (χ0v) is 13.9. The van der Waals surface area contributed by atoms with E-state index in [1.54, 1.807) is 0 Å². The third kappa shape index (κ3) is 3.24. The van der Waals surface area contributed by atoms with Crippen LogP contribution in [0, 0.1) is 0 Å². The molecule has 0 spiro atoms. The molecule has 1 aromatic carbocycles. The summed E-state index contributed by atoms with van der Waals surface area (Å²) in [5.74, 6) is -1.56. The van der Waals surface area contributed by atoms with E-state index in [2.05, 4.69) is 15.5 Å². The molecule has 0 aliphatic heterocycles. The minimum Gasteiger partial charge on any atom is -0.477 e. The first-order valence-electron chi connectivity index (χ1n) is 7.30. The van der Waals surface area contributed by atoms with Crippen molar-refractivity contribution < 1.29 is 14.7 Å². The maximum Gasteiger partial charge on any atom is 0.354 e. The number of carboxylic acid groups (broad SMARTS) is 1. The van der Waals surface area contributed by atoms with Crippen LogP contribution in [0.2, 0.25) is 5.15 Å². The molecule has 0 saturated carbocycles. The summed E-state index contributed by atoms with van der Waals surface area (Å²) in [6.07, 6.45) is 2.77. The number of carbonyl (C=O) groups is 2. The Morgan fingerprint density at radius 1 is 1.20 bits per heavy atom. The first-order valence-corrected chi connectivity index (χ1v) is 7.68. The summed E-state index contributed by atoms with van der Waals surface area (Å²) >= 11 is 6.25. The van der Waals surface area contributed by atoms with Crippen LogP contribution in [0.5, 0.6) is 0 Å². The number of hydrogen-bond acceptors (Lipinski definition) is 4. The highest BCUT2D eigenvalue weighted by Gasteiger charge is 2.19. The first-order chi connectivity index (χ1) is 12.0. The summed E-state index contributed by atoms with van der Waals surface area (Å²) < 4.78 is 2.69. The van der Waals surface area contributed by atoms with Crippen molar-refractivity contribution in [2.45, 2.75) is 6.54 Å². The van der Waals surface area contributed by atoms with Gasteiger partial charge in [-0.2, -0.15) is 10.2 Å². The minimum absolute atomic E-state index is 0.0150. The summed E-state index contributed by atoms with van der Waals surface area (Å²) in [7, 11) is 1.52. The molecule has 9 heteroatoms. The molecule has 0 saturated heterocycles. The van der Waals surface area contributed by atoms with E-state index < -0.39 is 11.9 Å². The van der Waals surface area contributed by atoms with Crippen LogP contribution < -0.4 is 5.32 Å². The van der Waals surface area contributed by atoms with Crippen LogP contribution in [0.4, 0.5) is 0 Å². The highest BCUT2D eigenvalue weighted by Crippen LogP contribution is 2.20. The van der Waals surface area contributed by atoms with Crippen molar-refractivity contribution in [1.29, 1.82) is 0 Å². The number of para-hydroxylation sites is 1. The molecule has 25 heavy (non-hydrogen) atoms. The maximum atomic E-state index is 12.3. The molecule has 2 heterocycles. The molecule has 2 aromatic heterocycles. The van der Waals surface area contributed by atoms with Gasteiger partial charge in [0.25, 0.3) is 5.91 Å². The SMILES string of the molecule is Cn1ncc(CNC(=O)c2cnn(-c3ccccc3)c2Cl)c1C(=O)O. The molecule has 0 bridgehead atoms. The lowest BCUT2D eigenvalue weighted by Crippen LogP contribution is -2.24. The Morgan fingerprint density at radius 3 is 2.60 bits per heavy atom. The lowest BCUT2D eigenvalue weighted by Gasteiger charge is -2.05. The van der Waals surface area contributed by atoms with Crippen molar-refractivity contribution in [1.82, 2.24) is 24.9 Å². The summed E-state index contributed by atoms with van der Waals surface area (Å²) in [6.45, 7) is 0.0150. The molecule has 3 rings (SSSR count). The van der Waals surface area contributed by atoms with E-state index in [0.717, 1.165) is 5.69 Å². The molecule has 0 radical (unpaired) electrons. The summed E-state index contributed by atoms with van der Waals surface area (Å²) in [4.78, 5) is 23.6. The van der Waals surface area contributed by atoms with Crippen molar-refractivity contribution in [2.75, 3.05) is 0 Å². The Bertz CT molecular complexity index is 933. The number of aryl methyl sites for hydroxylation is 1. The minimum atomic E-state index is -1.11. The lowest BCUT2D eigenvalue weighted by atomic mass is 10.2.